The Morgan fingerprint density at radius 2 is 2.00 bits per heavy atom. The second-order valence-electron chi connectivity index (χ2n) is 3.75. The zero-order valence-corrected chi connectivity index (χ0v) is 10.9. The minimum atomic E-state index is -2.52. The topological polar surface area (TPSA) is 118 Å². The Balaban J connectivity index is 3.29. The number of primary amides is 1. The summed E-state index contributed by atoms with van der Waals surface area (Å²) in [4.78, 5) is 21.8. The van der Waals surface area contributed by atoms with Crippen molar-refractivity contribution in [3.63, 3.8) is 0 Å². The molecule has 0 spiro atoms. The van der Waals surface area contributed by atoms with Gasteiger partial charge in [0.25, 0.3) is 0 Å². The smallest absolute Gasteiger partial charge is 0.328 e. The number of allylic oxidation sites excluding steroid dienone is 1. The molecule has 1 aromatic carbocycles. The maximum atomic E-state index is 11.8. The number of nitrogens with two attached hydrogens (primary N) is 1. The molecule has 0 fully saturated rings. The van der Waals surface area contributed by atoms with Gasteiger partial charge in [-0.1, -0.05) is 24.3 Å². The number of carboxylic acids is 1. The average molecular weight is 283 g/mol. The summed E-state index contributed by atoms with van der Waals surface area (Å²) in [5.74, 6) is -1.90. The molecular formula is C12H14NO5P. The molecule has 0 heterocycles. The van der Waals surface area contributed by atoms with E-state index in [2.05, 4.69) is 0 Å². The first-order valence-corrected chi connectivity index (χ1v) is 7.10. The first-order valence-electron chi connectivity index (χ1n) is 5.40. The Labute approximate surface area is 110 Å². The van der Waals surface area contributed by atoms with Crippen LogP contribution in [0.15, 0.2) is 36.4 Å². The molecule has 0 saturated carbocycles. The Morgan fingerprint density at radius 1 is 1.37 bits per heavy atom. The summed E-state index contributed by atoms with van der Waals surface area (Å²) in [7, 11) is -2.52. The minimum absolute atomic E-state index is 0.161. The quantitative estimate of drug-likeness (QED) is 0.531. The number of amides is 1. The van der Waals surface area contributed by atoms with E-state index >= 15 is 0 Å². The molecule has 1 rings (SSSR count). The number of benzene rings is 1. The third-order valence-corrected chi connectivity index (χ3v) is 4.00. The predicted molar refractivity (Wildman–Crippen MR) is 70.6 cm³/mol. The summed E-state index contributed by atoms with van der Waals surface area (Å²) in [6.07, 6.45) is 1.45. The fourth-order valence-corrected chi connectivity index (χ4v) is 2.76. The molecule has 0 radical (unpaired) electrons. The normalized spacial score (nSPS) is 14.2. The highest BCUT2D eigenvalue weighted by atomic mass is 31.1. The second kappa shape index (κ2) is 6.87. The fraction of sp³-hybridized carbons (Fsp3) is 0.167. The molecule has 7 heteroatoms. The molecule has 0 bridgehead atoms. The van der Waals surface area contributed by atoms with Crippen LogP contribution in [0.1, 0.15) is 21.6 Å². The van der Waals surface area contributed by atoms with E-state index in [-0.39, 0.29) is 5.56 Å². The van der Waals surface area contributed by atoms with Gasteiger partial charge in [-0.25, -0.2) is 4.79 Å². The number of hydrogen-bond acceptors (Lipinski definition) is 4. The van der Waals surface area contributed by atoms with E-state index in [4.69, 9.17) is 15.9 Å². The molecule has 0 aliphatic rings. The number of hydrogen-bond donors (Lipinski definition) is 3. The molecule has 0 saturated heterocycles. The van der Waals surface area contributed by atoms with Gasteiger partial charge in [0.1, 0.15) is 7.80 Å². The minimum Gasteiger partial charge on any atom is -0.478 e. The van der Waals surface area contributed by atoms with Crippen molar-refractivity contribution < 1.29 is 24.4 Å². The van der Waals surface area contributed by atoms with Gasteiger partial charge in [-0.3, -0.25) is 4.79 Å². The van der Waals surface area contributed by atoms with Gasteiger partial charge in [-0.05, 0) is 11.6 Å². The SMILES string of the molecule is NC(=O)c1ccccc1C(C=CC(=O)O)[PH](=O)CO. The van der Waals surface area contributed by atoms with E-state index in [1.807, 2.05) is 0 Å². The highest BCUT2D eigenvalue weighted by molar-refractivity contribution is 7.45. The van der Waals surface area contributed by atoms with Gasteiger partial charge < -0.3 is 20.5 Å². The molecule has 102 valence electrons. The summed E-state index contributed by atoms with van der Waals surface area (Å²) in [6.45, 7) is 0. The molecular weight excluding hydrogens is 269 g/mol. The van der Waals surface area contributed by atoms with E-state index in [1.54, 1.807) is 12.1 Å². The molecule has 0 aromatic heterocycles. The molecule has 2 unspecified atom stereocenters. The molecule has 4 N–H and O–H groups in total. The molecule has 1 aromatic rings. The Hall–Kier alpha value is -1.91. The lowest BCUT2D eigenvalue weighted by Crippen LogP contribution is -2.14. The Kier molecular flexibility index (Phi) is 5.48. The first kappa shape index (κ1) is 15.1. The van der Waals surface area contributed by atoms with Crippen LogP contribution in [-0.4, -0.2) is 28.4 Å². The molecule has 1 amide bonds. The van der Waals surface area contributed by atoms with Crippen molar-refractivity contribution in [2.45, 2.75) is 5.66 Å². The van der Waals surface area contributed by atoms with Crippen LogP contribution in [0.5, 0.6) is 0 Å². The van der Waals surface area contributed by atoms with E-state index < -0.39 is 31.7 Å². The highest BCUT2D eigenvalue weighted by Gasteiger charge is 2.20. The van der Waals surface area contributed by atoms with Gasteiger partial charge >= 0.3 is 5.97 Å². The van der Waals surface area contributed by atoms with Crippen molar-refractivity contribution in [3.8, 4) is 0 Å². The summed E-state index contributed by atoms with van der Waals surface area (Å²) in [6, 6.07) is 6.22. The average Bonchev–Trinajstić information content (AvgIpc) is 2.38. The van der Waals surface area contributed by atoms with Gasteiger partial charge in [-0.2, -0.15) is 0 Å². The van der Waals surface area contributed by atoms with Crippen molar-refractivity contribution in [3.05, 3.63) is 47.5 Å². The van der Waals surface area contributed by atoms with Crippen molar-refractivity contribution in [1.82, 2.24) is 0 Å². The van der Waals surface area contributed by atoms with E-state index in [0.717, 1.165) is 6.08 Å². The van der Waals surface area contributed by atoms with Crippen LogP contribution in [0.4, 0.5) is 0 Å². The third-order valence-electron chi connectivity index (χ3n) is 2.50. The number of aliphatic carboxylic acids is 1. The standard InChI is InChI=1S/C12H14NO5P/c13-12(17)9-4-2-1-3-8(9)10(19(18)7-14)5-6-11(15)16/h1-6,10,14,19H,7H2,(H2,13,17)(H,15,16). The summed E-state index contributed by atoms with van der Waals surface area (Å²) < 4.78 is 11.8. The largest absolute Gasteiger partial charge is 0.478 e. The van der Waals surface area contributed by atoms with Crippen LogP contribution < -0.4 is 5.73 Å². The van der Waals surface area contributed by atoms with Gasteiger partial charge in [0.15, 0.2) is 0 Å². The van der Waals surface area contributed by atoms with Crippen molar-refractivity contribution >= 4 is 19.7 Å². The number of carboxylic acid groups (broad SMARTS) is 1. The van der Waals surface area contributed by atoms with E-state index in [0.29, 0.717) is 5.56 Å². The van der Waals surface area contributed by atoms with Crippen LogP contribution in [0, 0.1) is 0 Å². The van der Waals surface area contributed by atoms with Gasteiger partial charge in [0, 0.05) is 11.6 Å². The van der Waals surface area contributed by atoms with Crippen LogP contribution in [0.3, 0.4) is 0 Å². The third kappa shape index (κ3) is 4.05. The van der Waals surface area contributed by atoms with Gasteiger partial charge in [0.2, 0.25) is 5.91 Å². The maximum absolute atomic E-state index is 11.8. The van der Waals surface area contributed by atoms with Crippen LogP contribution in [0.25, 0.3) is 0 Å². The lowest BCUT2D eigenvalue weighted by molar-refractivity contribution is -0.131. The van der Waals surface area contributed by atoms with Crippen LogP contribution in [0.2, 0.25) is 0 Å². The number of aliphatic hydroxyl groups is 1. The number of carbonyl (C=O) groups is 2. The van der Waals surface area contributed by atoms with E-state index in [9.17, 15) is 14.2 Å². The number of rotatable bonds is 6. The zero-order valence-electron chi connectivity index (χ0n) is 9.95. The fourth-order valence-electron chi connectivity index (χ4n) is 1.65. The summed E-state index contributed by atoms with van der Waals surface area (Å²) >= 11 is 0. The molecule has 19 heavy (non-hydrogen) atoms. The second-order valence-corrected chi connectivity index (χ2v) is 5.62. The lowest BCUT2D eigenvalue weighted by atomic mass is 10.0. The summed E-state index contributed by atoms with van der Waals surface area (Å²) in [5, 5.41) is 17.6. The first-order chi connectivity index (χ1) is 8.97. The highest BCUT2D eigenvalue weighted by Crippen LogP contribution is 2.42. The van der Waals surface area contributed by atoms with E-state index in [1.165, 1.54) is 18.2 Å². The van der Waals surface area contributed by atoms with Crippen molar-refractivity contribution in [2.75, 3.05) is 6.35 Å². The lowest BCUT2D eigenvalue weighted by Gasteiger charge is -2.14. The monoisotopic (exact) mass is 283 g/mol. The molecule has 6 nitrogen and oxygen atoms in total. The predicted octanol–water partition coefficient (Wildman–Crippen LogP) is 0.977. The van der Waals surface area contributed by atoms with Crippen LogP contribution >= 0.6 is 7.80 Å². The van der Waals surface area contributed by atoms with Crippen molar-refractivity contribution in [1.29, 1.82) is 0 Å². The maximum Gasteiger partial charge on any atom is 0.328 e. The Morgan fingerprint density at radius 3 is 2.53 bits per heavy atom. The number of carbonyl (C=O) groups excluding carboxylic acids is 1. The molecule has 0 aliphatic heterocycles. The van der Waals surface area contributed by atoms with Crippen LogP contribution in [-0.2, 0) is 9.36 Å². The van der Waals surface area contributed by atoms with Crippen molar-refractivity contribution in [2.24, 2.45) is 5.73 Å². The molecule has 2 atom stereocenters. The van der Waals surface area contributed by atoms with Gasteiger partial charge in [-0.15, -0.1) is 0 Å². The summed E-state index contributed by atoms with van der Waals surface area (Å²) in [5.41, 5.74) is 4.89. The Bertz CT molecular complexity index is 541. The number of aliphatic hydroxyl groups excluding tert-OH is 1. The molecule has 0 aliphatic carbocycles. The zero-order chi connectivity index (χ0) is 14.4. The van der Waals surface area contributed by atoms with Gasteiger partial charge in [0.05, 0.1) is 12.0 Å².